The summed E-state index contributed by atoms with van der Waals surface area (Å²) < 4.78 is 16.5. The summed E-state index contributed by atoms with van der Waals surface area (Å²) in [5, 5.41) is 5.67. The third-order valence-corrected chi connectivity index (χ3v) is 3.97. The topological polar surface area (TPSA) is 121 Å². The zero-order valence-electron chi connectivity index (χ0n) is 19.6. The van der Waals surface area contributed by atoms with E-state index in [0.717, 1.165) is 12.8 Å². The maximum Gasteiger partial charge on any atom is 0.407 e. The van der Waals surface area contributed by atoms with Crippen LogP contribution in [0.3, 0.4) is 0 Å². The molecule has 1 saturated carbocycles. The number of carbonyl (C=O) groups excluding carboxylic acids is 3. The summed E-state index contributed by atoms with van der Waals surface area (Å²) in [7, 11) is 1.36. The summed E-state index contributed by atoms with van der Waals surface area (Å²) in [4.78, 5) is 37.7. The number of amides is 2. The van der Waals surface area contributed by atoms with Crippen LogP contribution in [0.2, 0.25) is 0 Å². The SMILES string of the molecule is CC(C)(C)OC(=O)NC1CCC(NC(=O)OC(C)(C)C)C1.COC(=O)Cn1ccnc1. The van der Waals surface area contributed by atoms with Gasteiger partial charge in [0.25, 0.3) is 0 Å². The standard InChI is InChI=1S/C15H28N2O4.C6H8N2O2/c1-14(2,3)20-12(18)16-10-7-8-11(9-10)17-13(19)21-15(4,5)6;1-10-6(9)4-8-3-2-7-5-8/h10-11H,7-9H2,1-6H3,(H,16,18)(H,17,19);2-3,5H,4H2,1H3. The van der Waals surface area contributed by atoms with Crippen molar-refractivity contribution in [2.75, 3.05) is 7.11 Å². The van der Waals surface area contributed by atoms with Crippen LogP contribution in [0.4, 0.5) is 9.59 Å². The Bertz CT molecular complexity index is 670. The second-order valence-electron chi connectivity index (χ2n) is 9.31. The quantitative estimate of drug-likeness (QED) is 0.545. The Kier molecular flexibility index (Phi) is 9.80. The number of aromatic nitrogens is 2. The van der Waals surface area contributed by atoms with Crippen LogP contribution in [0.5, 0.6) is 0 Å². The minimum Gasteiger partial charge on any atom is -0.468 e. The first-order valence-electron chi connectivity index (χ1n) is 10.3. The van der Waals surface area contributed by atoms with Gasteiger partial charge < -0.3 is 29.4 Å². The third-order valence-electron chi connectivity index (χ3n) is 3.97. The molecule has 0 bridgehead atoms. The molecule has 0 saturated heterocycles. The molecule has 2 N–H and O–H groups in total. The predicted octanol–water partition coefficient (Wildman–Crippen LogP) is 3.01. The van der Waals surface area contributed by atoms with Crippen molar-refractivity contribution >= 4 is 18.2 Å². The van der Waals surface area contributed by atoms with Gasteiger partial charge in [-0.3, -0.25) is 4.79 Å². The van der Waals surface area contributed by atoms with Gasteiger partial charge in [0.2, 0.25) is 0 Å². The fraction of sp³-hybridized carbons (Fsp3) is 0.714. The van der Waals surface area contributed by atoms with Crippen LogP contribution in [0.15, 0.2) is 18.7 Å². The van der Waals surface area contributed by atoms with Crippen LogP contribution < -0.4 is 10.6 Å². The van der Waals surface area contributed by atoms with Gasteiger partial charge in [-0.05, 0) is 60.8 Å². The normalized spacial score (nSPS) is 18.3. The Morgan fingerprint density at radius 1 is 0.968 bits per heavy atom. The lowest BCUT2D eigenvalue weighted by atomic mass is 10.2. The highest BCUT2D eigenvalue weighted by atomic mass is 16.6. The number of alkyl carbamates (subject to hydrolysis) is 2. The highest BCUT2D eigenvalue weighted by Gasteiger charge is 2.29. The first-order chi connectivity index (χ1) is 14.3. The van der Waals surface area contributed by atoms with E-state index in [9.17, 15) is 14.4 Å². The number of methoxy groups -OCH3 is 1. The van der Waals surface area contributed by atoms with Crippen molar-refractivity contribution in [3.63, 3.8) is 0 Å². The summed E-state index contributed by atoms with van der Waals surface area (Å²) in [5.41, 5.74) is -1.01. The Balaban J connectivity index is 0.000000399. The van der Waals surface area contributed by atoms with Gasteiger partial charge in [-0.1, -0.05) is 0 Å². The van der Waals surface area contributed by atoms with E-state index in [4.69, 9.17) is 9.47 Å². The summed E-state index contributed by atoms with van der Waals surface area (Å²) >= 11 is 0. The number of hydrogen-bond donors (Lipinski definition) is 2. The van der Waals surface area contributed by atoms with Gasteiger partial charge >= 0.3 is 18.2 Å². The van der Waals surface area contributed by atoms with E-state index in [-0.39, 0.29) is 24.6 Å². The molecule has 2 unspecified atom stereocenters. The Hall–Kier alpha value is -2.78. The molecule has 176 valence electrons. The van der Waals surface area contributed by atoms with E-state index >= 15 is 0 Å². The average Bonchev–Trinajstić information content (AvgIpc) is 3.24. The molecular formula is C21H36N4O6. The maximum atomic E-state index is 11.7. The second-order valence-corrected chi connectivity index (χ2v) is 9.31. The Labute approximate surface area is 184 Å². The highest BCUT2D eigenvalue weighted by Crippen LogP contribution is 2.20. The lowest BCUT2D eigenvalue weighted by molar-refractivity contribution is -0.141. The van der Waals surface area contributed by atoms with Gasteiger partial charge in [0, 0.05) is 24.5 Å². The van der Waals surface area contributed by atoms with Gasteiger partial charge in [0.05, 0.1) is 13.4 Å². The van der Waals surface area contributed by atoms with Crippen LogP contribution >= 0.6 is 0 Å². The number of nitrogens with one attached hydrogen (secondary N) is 2. The Morgan fingerprint density at radius 3 is 1.81 bits per heavy atom. The van der Waals surface area contributed by atoms with Gasteiger partial charge in [-0.25, -0.2) is 14.6 Å². The highest BCUT2D eigenvalue weighted by molar-refractivity contribution is 5.69. The van der Waals surface area contributed by atoms with Gasteiger partial charge in [0.15, 0.2) is 0 Å². The van der Waals surface area contributed by atoms with Gasteiger partial charge in [-0.2, -0.15) is 0 Å². The first-order valence-corrected chi connectivity index (χ1v) is 10.3. The molecule has 2 rings (SSSR count). The summed E-state index contributed by atoms with van der Waals surface area (Å²) in [6.07, 6.45) is 6.39. The second kappa shape index (κ2) is 11.6. The lowest BCUT2D eigenvalue weighted by Crippen LogP contribution is -2.41. The number of hydrogen-bond acceptors (Lipinski definition) is 7. The lowest BCUT2D eigenvalue weighted by Gasteiger charge is -2.22. The van der Waals surface area contributed by atoms with Crippen LogP contribution in [-0.4, -0.2) is 58.1 Å². The summed E-state index contributed by atoms with van der Waals surface area (Å²) in [6, 6.07) is 0.0552. The van der Waals surface area contributed by atoms with Crippen molar-refractivity contribution in [2.24, 2.45) is 0 Å². The van der Waals surface area contributed by atoms with Crippen molar-refractivity contribution < 1.29 is 28.6 Å². The van der Waals surface area contributed by atoms with E-state index in [1.54, 1.807) is 23.3 Å². The largest absolute Gasteiger partial charge is 0.468 e. The molecule has 1 aromatic rings. The first kappa shape index (κ1) is 26.3. The molecule has 1 aliphatic carbocycles. The van der Waals surface area contributed by atoms with Crippen LogP contribution in [-0.2, 0) is 25.5 Å². The molecule has 2 amide bonds. The minimum absolute atomic E-state index is 0.0276. The van der Waals surface area contributed by atoms with E-state index in [1.807, 2.05) is 41.5 Å². The number of carbonyl (C=O) groups is 3. The predicted molar refractivity (Wildman–Crippen MR) is 114 cm³/mol. The maximum absolute atomic E-state index is 11.7. The fourth-order valence-electron chi connectivity index (χ4n) is 2.79. The molecular weight excluding hydrogens is 404 g/mol. The van der Waals surface area contributed by atoms with E-state index in [0.29, 0.717) is 6.42 Å². The molecule has 1 aromatic heterocycles. The van der Waals surface area contributed by atoms with Crippen molar-refractivity contribution in [1.82, 2.24) is 20.2 Å². The molecule has 1 heterocycles. The van der Waals surface area contributed by atoms with Gasteiger partial charge in [-0.15, -0.1) is 0 Å². The molecule has 10 heteroatoms. The van der Waals surface area contributed by atoms with E-state index in [1.165, 1.54) is 7.11 Å². The van der Waals surface area contributed by atoms with Crippen LogP contribution in [0.1, 0.15) is 60.8 Å². The monoisotopic (exact) mass is 440 g/mol. The summed E-state index contributed by atoms with van der Waals surface area (Å²) in [6.45, 7) is 11.2. The zero-order chi connectivity index (χ0) is 23.7. The smallest absolute Gasteiger partial charge is 0.407 e. The molecule has 31 heavy (non-hydrogen) atoms. The fourth-order valence-corrected chi connectivity index (χ4v) is 2.79. The van der Waals surface area contributed by atoms with Crippen molar-refractivity contribution in [2.45, 2.75) is 90.6 Å². The van der Waals surface area contributed by atoms with Crippen molar-refractivity contribution in [3.8, 4) is 0 Å². The summed E-state index contributed by atoms with van der Waals surface area (Å²) in [5.74, 6) is -0.266. The van der Waals surface area contributed by atoms with Crippen LogP contribution in [0, 0.1) is 0 Å². The minimum atomic E-state index is -0.503. The van der Waals surface area contributed by atoms with E-state index in [2.05, 4.69) is 20.4 Å². The van der Waals surface area contributed by atoms with Crippen molar-refractivity contribution in [3.05, 3.63) is 18.7 Å². The molecule has 0 aliphatic heterocycles. The molecule has 0 radical (unpaired) electrons. The van der Waals surface area contributed by atoms with Gasteiger partial charge in [0.1, 0.15) is 17.7 Å². The number of imidazole rings is 1. The number of nitrogens with zero attached hydrogens (tertiary/aromatic N) is 2. The Morgan fingerprint density at radius 2 is 1.45 bits per heavy atom. The van der Waals surface area contributed by atoms with Crippen molar-refractivity contribution in [1.29, 1.82) is 0 Å². The molecule has 2 atom stereocenters. The average molecular weight is 441 g/mol. The molecule has 0 spiro atoms. The number of rotatable bonds is 4. The zero-order valence-corrected chi connectivity index (χ0v) is 19.6. The molecule has 10 nitrogen and oxygen atoms in total. The van der Waals surface area contributed by atoms with Crippen LogP contribution in [0.25, 0.3) is 0 Å². The number of esters is 1. The number of ether oxygens (including phenoxy) is 3. The molecule has 1 fully saturated rings. The third kappa shape index (κ3) is 12.5. The van der Waals surface area contributed by atoms with E-state index < -0.39 is 23.4 Å². The molecule has 1 aliphatic rings. The molecule has 0 aromatic carbocycles.